The van der Waals surface area contributed by atoms with Crippen LogP contribution in [0.5, 0.6) is 0 Å². The highest BCUT2D eigenvalue weighted by atomic mass is 16.5. The van der Waals surface area contributed by atoms with Gasteiger partial charge in [0.15, 0.2) is 0 Å². The van der Waals surface area contributed by atoms with E-state index < -0.39 is 0 Å². The summed E-state index contributed by atoms with van der Waals surface area (Å²) in [4.78, 5) is 23.7. The second kappa shape index (κ2) is 38.6. The van der Waals surface area contributed by atoms with Crippen molar-refractivity contribution in [3.63, 3.8) is 0 Å². The molecule has 0 saturated carbocycles. The third-order valence-corrected chi connectivity index (χ3v) is 8.80. The fraction of sp³-hybridized carbons (Fsp3) is 0.854. The summed E-state index contributed by atoms with van der Waals surface area (Å²) in [5.41, 5.74) is 0. The first-order valence-electron chi connectivity index (χ1n) is 19.9. The Morgan fingerprint density at radius 3 is 0.867 bits per heavy atom. The fourth-order valence-corrected chi connectivity index (χ4v) is 5.79. The summed E-state index contributed by atoms with van der Waals surface area (Å²) >= 11 is 0. The summed E-state index contributed by atoms with van der Waals surface area (Å²) in [6.45, 7) is 4.55. The van der Waals surface area contributed by atoms with Gasteiger partial charge in [-0.05, 0) is 44.3 Å². The van der Waals surface area contributed by atoms with Gasteiger partial charge in [-0.25, -0.2) is 0 Å². The molecule has 0 aliphatic rings. The number of rotatable bonds is 36. The van der Waals surface area contributed by atoms with Crippen molar-refractivity contribution in [2.45, 2.75) is 226 Å². The van der Waals surface area contributed by atoms with Crippen LogP contribution in [0.4, 0.5) is 0 Å². The van der Waals surface area contributed by atoms with Crippen LogP contribution in [0.1, 0.15) is 226 Å². The lowest BCUT2D eigenvalue weighted by Crippen LogP contribution is -2.03. The van der Waals surface area contributed by atoms with Gasteiger partial charge in [-0.3, -0.25) is 9.59 Å². The van der Waals surface area contributed by atoms with E-state index in [2.05, 4.69) is 13.8 Å². The van der Waals surface area contributed by atoms with Gasteiger partial charge in [0.25, 0.3) is 0 Å². The molecule has 0 aromatic carbocycles. The van der Waals surface area contributed by atoms with Crippen LogP contribution >= 0.6 is 0 Å². The average Bonchev–Trinajstić information content (AvgIpc) is 3.04. The average molecular weight is 633 g/mol. The minimum absolute atomic E-state index is 0.237. The molecule has 0 atom stereocenters. The number of unbranched alkanes of at least 4 members (excludes halogenated alkanes) is 28. The molecule has 0 aliphatic carbocycles. The topological polar surface area (TPSA) is 52.6 Å². The van der Waals surface area contributed by atoms with E-state index in [1.807, 2.05) is 12.2 Å². The van der Waals surface area contributed by atoms with Gasteiger partial charge in [-0.15, -0.1) is 0 Å². The smallest absolute Gasteiger partial charge is 0.310 e. The van der Waals surface area contributed by atoms with Crippen molar-refractivity contribution < 1.29 is 19.1 Å². The van der Waals surface area contributed by atoms with Crippen molar-refractivity contribution in [3.05, 3.63) is 24.7 Å². The molecule has 0 aromatic heterocycles. The molecule has 0 fully saturated rings. The molecule has 0 rings (SSSR count). The van der Waals surface area contributed by atoms with E-state index in [1.165, 1.54) is 179 Å². The second-order valence-corrected chi connectivity index (χ2v) is 13.3. The standard InChI is InChI=1S/C41H76O4/c1-3-5-7-9-11-13-15-17-19-21-23-25-27-29-31-33-38-44-40(42)36-35-37-41(43)45-39-34-32-30-28-26-24-22-20-18-16-14-12-10-8-6-4-2/h33-34,38-39H,3-32,35-37H2,1-2H3. The molecule has 45 heavy (non-hydrogen) atoms. The number of carbonyl (C=O) groups excluding carboxylic acids is 2. The summed E-state index contributed by atoms with van der Waals surface area (Å²) in [7, 11) is 0. The second-order valence-electron chi connectivity index (χ2n) is 13.3. The Kier molecular flexibility index (Phi) is 37.2. The van der Waals surface area contributed by atoms with Gasteiger partial charge in [0.05, 0.1) is 12.5 Å². The monoisotopic (exact) mass is 633 g/mol. The van der Waals surface area contributed by atoms with Gasteiger partial charge < -0.3 is 9.47 Å². The Bertz CT molecular complexity index is 612. The van der Waals surface area contributed by atoms with Gasteiger partial charge in [-0.1, -0.05) is 181 Å². The van der Waals surface area contributed by atoms with E-state index in [9.17, 15) is 9.59 Å². The Morgan fingerprint density at radius 1 is 0.356 bits per heavy atom. The first kappa shape index (κ1) is 43.4. The van der Waals surface area contributed by atoms with Crippen LogP contribution in [0.15, 0.2) is 24.7 Å². The summed E-state index contributed by atoms with van der Waals surface area (Å²) in [6.07, 6.45) is 47.8. The van der Waals surface area contributed by atoms with Crippen molar-refractivity contribution >= 4 is 11.9 Å². The molecule has 0 spiro atoms. The summed E-state index contributed by atoms with van der Waals surface area (Å²) < 4.78 is 10.3. The molecule has 0 saturated heterocycles. The van der Waals surface area contributed by atoms with Crippen LogP contribution in [-0.2, 0) is 19.1 Å². The van der Waals surface area contributed by atoms with E-state index in [1.54, 1.807) is 0 Å². The zero-order chi connectivity index (χ0) is 32.7. The van der Waals surface area contributed by atoms with Crippen molar-refractivity contribution in [1.82, 2.24) is 0 Å². The predicted molar refractivity (Wildman–Crippen MR) is 194 cm³/mol. The summed E-state index contributed by atoms with van der Waals surface area (Å²) in [6, 6.07) is 0. The molecular weight excluding hydrogens is 556 g/mol. The number of hydrogen-bond donors (Lipinski definition) is 0. The minimum atomic E-state index is -0.284. The molecule has 4 heteroatoms. The molecule has 0 bridgehead atoms. The summed E-state index contributed by atoms with van der Waals surface area (Å²) in [5, 5.41) is 0. The number of allylic oxidation sites excluding steroid dienone is 2. The molecule has 0 N–H and O–H groups in total. The van der Waals surface area contributed by atoms with E-state index in [0.717, 1.165) is 25.7 Å². The summed E-state index contributed by atoms with van der Waals surface area (Å²) in [5.74, 6) is -0.568. The lowest BCUT2D eigenvalue weighted by molar-refractivity contribution is -0.139. The van der Waals surface area contributed by atoms with E-state index >= 15 is 0 Å². The molecule has 4 nitrogen and oxygen atoms in total. The van der Waals surface area contributed by atoms with Gasteiger partial charge in [0.2, 0.25) is 0 Å². The maximum absolute atomic E-state index is 11.9. The van der Waals surface area contributed by atoms with Crippen molar-refractivity contribution in [3.8, 4) is 0 Å². The maximum Gasteiger partial charge on any atom is 0.310 e. The fourth-order valence-electron chi connectivity index (χ4n) is 5.79. The first-order chi connectivity index (χ1) is 22.2. The molecule has 0 amide bonds. The highest BCUT2D eigenvalue weighted by molar-refractivity contribution is 5.73. The van der Waals surface area contributed by atoms with Crippen LogP contribution in [0.2, 0.25) is 0 Å². The quantitative estimate of drug-likeness (QED) is 0.0392. The molecule has 0 aromatic rings. The van der Waals surface area contributed by atoms with Crippen LogP contribution in [0.3, 0.4) is 0 Å². The van der Waals surface area contributed by atoms with Crippen LogP contribution < -0.4 is 0 Å². The Balaban J connectivity index is 3.37. The van der Waals surface area contributed by atoms with Crippen molar-refractivity contribution in [2.24, 2.45) is 0 Å². The Morgan fingerprint density at radius 2 is 0.600 bits per heavy atom. The number of carbonyl (C=O) groups is 2. The van der Waals surface area contributed by atoms with Crippen molar-refractivity contribution in [2.75, 3.05) is 0 Å². The minimum Gasteiger partial charge on any atom is -0.435 e. The van der Waals surface area contributed by atoms with Crippen LogP contribution in [-0.4, -0.2) is 11.9 Å². The van der Waals surface area contributed by atoms with Gasteiger partial charge >= 0.3 is 11.9 Å². The SMILES string of the molecule is CCCCCCCCCCCCCCCCC=COC(=O)CCCC(=O)OC=CCCCCCCCCCCCCCCCC. The number of hydrogen-bond acceptors (Lipinski definition) is 4. The Hall–Kier alpha value is -1.58. The normalized spacial score (nSPS) is 11.6. The predicted octanol–water partition coefficient (Wildman–Crippen LogP) is 14.0. The largest absolute Gasteiger partial charge is 0.435 e. The lowest BCUT2D eigenvalue weighted by Gasteiger charge is -2.03. The highest BCUT2D eigenvalue weighted by Crippen LogP contribution is 2.15. The van der Waals surface area contributed by atoms with Gasteiger partial charge in [0, 0.05) is 12.8 Å². The van der Waals surface area contributed by atoms with E-state index in [-0.39, 0.29) is 24.8 Å². The molecule has 0 heterocycles. The zero-order valence-corrected chi connectivity index (χ0v) is 30.3. The van der Waals surface area contributed by atoms with Crippen LogP contribution in [0, 0.1) is 0 Å². The molecule has 0 unspecified atom stereocenters. The first-order valence-corrected chi connectivity index (χ1v) is 19.9. The zero-order valence-electron chi connectivity index (χ0n) is 30.3. The molecule has 0 aliphatic heterocycles. The number of esters is 2. The van der Waals surface area contributed by atoms with Crippen LogP contribution in [0.25, 0.3) is 0 Å². The molecule has 264 valence electrons. The third-order valence-electron chi connectivity index (χ3n) is 8.80. The highest BCUT2D eigenvalue weighted by Gasteiger charge is 2.05. The molecule has 0 radical (unpaired) electrons. The molecular formula is C41H76O4. The third kappa shape index (κ3) is 38.5. The lowest BCUT2D eigenvalue weighted by atomic mass is 10.0. The van der Waals surface area contributed by atoms with Gasteiger partial charge in [-0.2, -0.15) is 0 Å². The Labute approximate surface area is 281 Å². The van der Waals surface area contributed by atoms with Crippen molar-refractivity contribution in [1.29, 1.82) is 0 Å². The van der Waals surface area contributed by atoms with E-state index in [0.29, 0.717) is 6.42 Å². The van der Waals surface area contributed by atoms with Gasteiger partial charge in [0.1, 0.15) is 0 Å². The number of ether oxygens (including phenoxy) is 2. The van der Waals surface area contributed by atoms with E-state index in [4.69, 9.17) is 9.47 Å². The maximum atomic E-state index is 11.9.